The van der Waals surface area contributed by atoms with Gasteiger partial charge in [0, 0.05) is 50.7 Å². The van der Waals surface area contributed by atoms with E-state index in [1.54, 1.807) is 0 Å². The lowest BCUT2D eigenvalue weighted by molar-refractivity contribution is -0.123. The Morgan fingerprint density at radius 1 is 1.35 bits per heavy atom. The number of likely N-dealkylation sites (tertiary alicyclic amines) is 1. The summed E-state index contributed by atoms with van der Waals surface area (Å²) in [6, 6.07) is 0.645. The Kier molecular flexibility index (Phi) is 6.67. The maximum absolute atomic E-state index is 12.4. The van der Waals surface area contributed by atoms with Crippen molar-refractivity contribution in [1.82, 2.24) is 24.9 Å². The summed E-state index contributed by atoms with van der Waals surface area (Å²) in [5.41, 5.74) is 1.28. The highest BCUT2D eigenvalue weighted by atomic mass is 16.5. The number of likely N-dealkylation sites (N-methyl/N-ethyl adjacent to an activating group) is 1. The maximum Gasteiger partial charge on any atom is 0.234 e. The molecule has 1 aromatic heterocycles. The van der Waals surface area contributed by atoms with Crippen LogP contribution in [0, 0.1) is 5.92 Å². The largest absolute Gasteiger partial charge is 0.381 e. The molecule has 2 fully saturated rings. The van der Waals surface area contributed by atoms with Crippen molar-refractivity contribution in [2.45, 2.75) is 37.8 Å². The Labute approximate surface area is 156 Å². The molecule has 2 saturated heterocycles. The van der Waals surface area contributed by atoms with E-state index in [-0.39, 0.29) is 11.9 Å². The number of hydrogen-bond acceptors (Lipinski definition) is 5. The fourth-order valence-electron chi connectivity index (χ4n) is 4.40. The van der Waals surface area contributed by atoms with Crippen molar-refractivity contribution in [3.8, 4) is 0 Å². The fraction of sp³-hybridized carbons (Fsp3) is 0.789. The van der Waals surface area contributed by atoms with E-state index in [2.05, 4.69) is 40.5 Å². The van der Waals surface area contributed by atoms with Crippen molar-refractivity contribution >= 4 is 5.91 Å². The lowest BCUT2D eigenvalue weighted by Gasteiger charge is -2.40. The average Bonchev–Trinajstić information content (AvgIpc) is 3.01. The molecule has 7 nitrogen and oxygen atoms in total. The van der Waals surface area contributed by atoms with E-state index in [4.69, 9.17) is 4.74 Å². The fourth-order valence-corrected chi connectivity index (χ4v) is 4.40. The highest BCUT2D eigenvalue weighted by Crippen LogP contribution is 2.35. The number of ether oxygens (including phenoxy) is 1. The summed E-state index contributed by atoms with van der Waals surface area (Å²) in [7, 11) is 6.22. The Bertz CT molecular complexity index is 584. The predicted octanol–water partition coefficient (Wildman–Crippen LogP) is 1.03. The summed E-state index contributed by atoms with van der Waals surface area (Å²) in [6.07, 6.45) is 8.35. The quantitative estimate of drug-likeness (QED) is 0.818. The molecule has 1 N–H and O–H groups in total. The van der Waals surface area contributed by atoms with Crippen LogP contribution in [0.3, 0.4) is 0 Å². The van der Waals surface area contributed by atoms with Crippen molar-refractivity contribution < 1.29 is 9.53 Å². The summed E-state index contributed by atoms with van der Waals surface area (Å²) >= 11 is 0. The van der Waals surface area contributed by atoms with Crippen molar-refractivity contribution in [3.05, 3.63) is 18.0 Å². The standard InChI is InChI=1S/C19H33N5O2/c1-22(14-18(25)21-17-6-9-26-10-7-17)12-15-5-4-8-23(2)19(15)16-11-20-24(3)13-16/h11,13,15,17,19H,4-10,12,14H2,1-3H3,(H,21,25)/t15-,19+/m0/s1. The summed E-state index contributed by atoms with van der Waals surface area (Å²) in [6.45, 7) is 4.00. The van der Waals surface area contributed by atoms with Crippen LogP contribution in [0.15, 0.2) is 12.4 Å². The lowest BCUT2D eigenvalue weighted by atomic mass is 9.86. The van der Waals surface area contributed by atoms with E-state index in [9.17, 15) is 4.79 Å². The first kappa shape index (κ1) is 19.3. The minimum Gasteiger partial charge on any atom is -0.381 e. The second-order valence-electron chi connectivity index (χ2n) is 7.93. The first-order valence-electron chi connectivity index (χ1n) is 9.77. The normalized spacial score (nSPS) is 25.5. The molecule has 3 rings (SSSR count). The summed E-state index contributed by atoms with van der Waals surface area (Å²) in [4.78, 5) is 17.0. The molecule has 2 atom stereocenters. The van der Waals surface area contributed by atoms with E-state index < -0.39 is 0 Å². The van der Waals surface area contributed by atoms with Gasteiger partial charge in [-0.1, -0.05) is 0 Å². The Balaban J connectivity index is 1.54. The molecule has 0 aromatic carbocycles. The molecule has 0 radical (unpaired) electrons. The molecule has 0 saturated carbocycles. The molecule has 1 aromatic rings. The molecule has 2 aliphatic heterocycles. The van der Waals surface area contributed by atoms with Crippen LogP contribution in [0.4, 0.5) is 0 Å². The van der Waals surface area contributed by atoms with Gasteiger partial charge in [-0.2, -0.15) is 5.10 Å². The maximum atomic E-state index is 12.4. The van der Waals surface area contributed by atoms with Gasteiger partial charge in [0.1, 0.15) is 0 Å². The summed E-state index contributed by atoms with van der Waals surface area (Å²) in [5.74, 6) is 0.639. The van der Waals surface area contributed by atoms with E-state index in [1.807, 2.05) is 17.9 Å². The third-order valence-electron chi connectivity index (χ3n) is 5.62. The number of rotatable bonds is 6. The van der Waals surface area contributed by atoms with Crippen LogP contribution < -0.4 is 5.32 Å². The lowest BCUT2D eigenvalue weighted by Crippen LogP contribution is -2.46. The molecule has 7 heteroatoms. The van der Waals surface area contributed by atoms with Gasteiger partial charge in [-0.05, 0) is 52.2 Å². The van der Waals surface area contributed by atoms with E-state index in [1.165, 1.54) is 18.4 Å². The van der Waals surface area contributed by atoms with Gasteiger partial charge in [0.05, 0.1) is 12.7 Å². The second kappa shape index (κ2) is 8.97. The third kappa shape index (κ3) is 5.05. The van der Waals surface area contributed by atoms with Crippen LogP contribution in [-0.2, 0) is 16.6 Å². The van der Waals surface area contributed by atoms with Gasteiger partial charge >= 0.3 is 0 Å². The second-order valence-corrected chi connectivity index (χ2v) is 7.93. The number of aromatic nitrogens is 2. The molecular weight excluding hydrogens is 330 g/mol. The van der Waals surface area contributed by atoms with Crippen LogP contribution in [0.5, 0.6) is 0 Å². The number of nitrogens with zero attached hydrogens (tertiary/aromatic N) is 4. The Morgan fingerprint density at radius 2 is 2.12 bits per heavy atom. The van der Waals surface area contributed by atoms with Crippen LogP contribution in [0.2, 0.25) is 0 Å². The molecule has 146 valence electrons. The number of nitrogens with one attached hydrogen (secondary N) is 1. The zero-order chi connectivity index (χ0) is 18.5. The number of carbonyl (C=O) groups excluding carboxylic acids is 1. The third-order valence-corrected chi connectivity index (χ3v) is 5.62. The van der Waals surface area contributed by atoms with Gasteiger partial charge in [-0.3, -0.25) is 19.3 Å². The van der Waals surface area contributed by atoms with Gasteiger partial charge in [0.25, 0.3) is 0 Å². The molecule has 3 heterocycles. The van der Waals surface area contributed by atoms with E-state index in [0.29, 0.717) is 18.5 Å². The van der Waals surface area contributed by atoms with Gasteiger partial charge < -0.3 is 10.1 Å². The molecule has 1 amide bonds. The molecule has 2 aliphatic rings. The van der Waals surface area contributed by atoms with Gasteiger partial charge in [-0.15, -0.1) is 0 Å². The molecule has 0 aliphatic carbocycles. The highest BCUT2D eigenvalue weighted by molar-refractivity contribution is 5.78. The average molecular weight is 364 g/mol. The number of aryl methyl sites for hydroxylation is 1. The van der Waals surface area contributed by atoms with Crippen molar-refractivity contribution in [2.75, 3.05) is 46.9 Å². The molecule has 0 unspecified atom stereocenters. The van der Waals surface area contributed by atoms with Crippen LogP contribution >= 0.6 is 0 Å². The zero-order valence-electron chi connectivity index (χ0n) is 16.4. The van der Waals surface area contributed by atoms with E-state index >= 15 is 0 Å². The van der Waals surface area contributed by atoms with Crippen molar-refractivity contribution in [2.24, 2.45) is 13.0 Å². The topological polar surface area (TPSA) is 62.6 Å². The number of amides is 1. The van der Waals surface area contributed by atoms with Crippen LogP contribution in [0.1, 0.15) is 37.3 Å². The monoisotopic (exact) mass is 363 g/mol. The van der Waals surface area contributed by atoms with Crippen molar-refractivity contribution in [1.29, 1.82) is 0 Å². The zero-order valence-corrected chi connectivity index (χ0v) is 16.4. The van der Waals surface area contributed by atoms with Gasteiger partial charge in [0.15, 0.2) is 0 Å². The molecule has 0 spiro atoms. The highest BCUT2D eigenvalue weighted by Gasteiger charge is 2.32. The summed E-state index contributed by atoms with van der Waals surface area (Å²) < 4.78 is 7.23. The van der Waals surface area contributed by atoms with Crippen molar-refractivity contribution in [3.63, 3.8) is 0 Å². The molecule has 0 bridgehead atoms. The smallest absolute Gasteiger partial charge is 0.234 e. The predicted molar refractivity (Wildman–Crippen MR) is 101 cm³/mol. The van der Waals surface area contributed by atoms with Crippen LogP contribution in [0.25, 0.3) is 0 Å². The Morgan fingerprint density at radius 3 is 2.81 bits per heavy atom. The Hall–Kier alpha value is -1.44. The van der Waals surface area contributed by atoms with E-state index in [0.717, 1.165) is 39.1 Å². The first-order valence-corrected chi connectivity index (χ1v) is 9.77. The number of hydrogen-bond donors (Lipinski definition) is 1. The number of carbonyl (C=O) groups is 1. The summed E-state index contributed by atoms with van der Waals surface area (Å²) in [5, 5.41) is 7.51. The first-order chi connectivity index (χ1) is 12.5. The molecule has 26 heavy (non-hydrogen) atoms. The minimum absolute atomic E-state index is 0.126. The SMILES string of the molecule is CN(CC(=O)NC1CCOCC1)C[C@@H]1CCCN(C)[C@H]1c1cnn(C)c1. The minimum atomic E-state index is 0.126. The van der Waals surface area contributed by atoms with Crippen LogP contribution in [-0.4, -0.2) is 78.5 Å². The number of piperidine rings is 1. The van der Waals surface area contributed by atoms with Gasteiger partial charge in [-0.25, -0.2) is 0 Å². The molecular formula is C19H33N5O2. The van der Waals surface area contributed by atoms with Gasteiger partial charge in [0.2, 0.25) is 5.91 Å².